The molecule has 0 aliphatic rings. The van der Waals surface area contributed by atoms with Gasteiger partial charge in [-0.15, -0.1) is 16.7 Å². The minimum atomic E-state index is 0. The largest absolute Gasteiger partial charge is 0.378 e. The van der Waals surface area contributed by atoms with Gasteiger partial charge in [0.25, 0.3) is 0 Å². The van der Waals surface area contributed by atoms with Crippen LogP contribution in [0.15, 0.2) is 89.1 Å². The van der Waals surface area contributed by atoms with Crippen LogP contribution in [0.1, 0.15) is 26.2 Å². The Hall–Kier alpha value is -2.30. The van der Waals surface area contributed by atoms with Crippen molar-refractivity contribution in [1.29, 1.82) is 0 Å². The molecule has 30 heavy (non-hydrogen) atoms. The summed E-state index contributed by atoms with van der Waals surface area (Å²) >= 11 is 5.38. The smallest absolute Gasteiger partial charge is 0.0935 e. The average Bonchev–Trinajstić information content (AvgIpc) is 2.77. The van der Waals surface area contributed by atoms with E-state index in [0.717, 1.165) is 28.4 Å². The van der Waals surface area contributed by atoms with E-state index >= 15 is 0 Å². The highest BCUT2D eigenvalue weighted by atomic mass is 35.5. The summed E-state index contributed by atoms with van der Waals surface area (Å²) in [5.41, 5.74) is 5.12. The van der Waals surface area contributed by atoms with E-state index in [9.17, 15) is 0 Å². The third-order valence-corrected chi connectivity index (χ3v) is 4.63. The Labute approximate surface area is 193 Å². The zero-order valence-corrected chi connectivity index (χ0v) is 19.8. The fraction of sp³-hybridized carbons (Fsp3) is 0.280. The fourth-order valence-electron chi connectivity index (χ4n) is 2.69. The Morgan fingerprint density at radius 3 is 1.97 bits per heavy atom. The number of azo groups is 1. The van der Waals surface area contributed by atoms with Gasteiger partial charge in [-0.1, -0.05) is 68.3 Å². The molecule has 0 unspecified atom stereocenters. The molecule has 0 heterocycles. The van der Waals surface area contributed by atoms with Crippen LogP contribution in [-0.4, -0.2) is 20.0 Å². The monoisotopic (exact) mass is 441 g/mol. The predicted octanol–water partition coefficient (Wildman–Crippen LogP) is 8.36. The molecular weight excluding hydrogens is 410 g/mol. The van der Waals surface area contributed by atoms with Crippen molar-refractivity contribution >= 4 is 42.2 Å². The summed E-state index contributed by atoms with van der Waals surface area (Å²) in [5.74, 6) is 0.827. The van der Waals surface area contributed by atoms with Crippen LogP contribution in [0, 0.1) is 0 Å². The van der Waals surface area contributed by atoms with E-state index < -0.39 is 0 Å². The van der Waals surface area contributed by atoms with Gasteiger partial charge in [-0.25, -0.2) is 0 Å². The Morgan fingerprint density at radius 1 is 0.767 bits per heavy atom. The van der Waals surface area contributed by atoms with Gasteiger partial charge in [0.2, 0.25) is 0 Å². The maximum Gasteiger partial charge on any atom is 0.0935 e. The molecule has 0 fully saturated rings. The highest BCUT2D eigenvalue weighted by Crippen LogP contribution is 2.32. The van der Waals surface area contributed by atoms with Crippen LogP contribution in [-0.2, 0) is 0 Å². The van der Waals surface area contributed by atoms with Gasteiger partial charge in [-0.05, 0) is 42.3 Å². The number of benzene rings is 3. The summed E-state index contributed by atoms with van der Waals surface area (Å²) in [6.07, 6.45) is 3.73. The molecule has 0 spiro atoms. The van der Waals surface area contributed by atoms with E-state index in [1.54, 1.807) is 0 Å². The van der Waals surface area contributed by atoms with Gasteiger partial charge in [0.15, 0.2) is 0 Å². The summed E-state index contributed by atoms with van der Waals surface area (Å²) in [6.45, 7) is 2.17. The molecule has 160 valence electrons. The Morgan fingerprint density at radius 2 is 1.40 bits per heavy atom. The first kappa shape index (κ1) is 25.7. The molecule has 3 aromatic carbocycles. The van der Waals surface area contributed by atoms with Gasteiger partial charge in [0.1, 0.15) is 0 Å². The molecule has 0 aliphatic heterocycles. The second-order valence-corrected chi connectivity index (χ2v) is 7.27. The molecule has 3 aromatic rings. The van der Waals surface area contributed by atoms with Crippen LogP contribution in [0.4, 0.5) is 17.1 Å². The van der Waals surface area contributed by atoms with Crippen LogP contribution in [0.25, 0.3) is 11.1 Å². The van der Waals surface area contributed by atoms with Gasteiger partial charge in [0.05, 0.1) is 11.4 Å². The molecule has 0 atom stereocenters. The second-order valence-electron chi connectivity index (χ2n) is 6.89. The fourth-order valence-corrected chi connectivity index (χ4v) is 2.88. The van der Waals surface area contributed by atoms with Crippen molar-refractivity contribution in [2.24, 2.45) is 10.2 Å². The molecule has 0 saturated heterocycles. The first-order chi connectivity index (χ1) is 14.2. The van der Waals surface area contributed by atoms with Crippen LogP contribution in [0.5, 0.6) is 0 Å². The van der Waals surface area contributed by atoms with Crippen LogP contribution in [0.3, 0.4) is 0 Å². The summed E-state index contributed by atoms with van der Waals surface area (Å²) in [7, 11) is 4.08. The highest BCUT2D eigenvalue weighted by Gasteiger charge is 2.04. The third kappa shape index (κ3) is 8.60. The van der Waals surface area contributed by atoms with Crippen molar-refractivity contribution in [2.45, 2.75) is 26.2 Å². The number of anilines is 1. The Balaban J connectivity index is 0.000000567. The zero-order chi connectivity index (χ0) is 20.9. The lowest BCUT2D eigenvalue weighted by Gasteiger charge is -2.13. The number of nitrogens with zero attached hydrogens (tertiary/aromatic N) is 3. The molecule has 0 N–H and O–H groups in total. The number of halogens is 1. The van der Waals surface area contributed by atoms with E-state index in [1.165, 1.54) is 24.9 Å². The zero-order valence-electron chi connectivity index (χ0n) is 18.1. The molecule has 0 saturated carbocycles. The quantitative estimate of drug-likeness (QED) is 0.205. The van der Waals surface area contributed by atoms with Gasteiger partial charge in [-0.3, -0.25) is 0 Å². The van der Waals surface area contributed by atoms with E-state index in [-0.39, 0.29) is 13.5 Å². The molecular formula is C25H32ClN3S. The summed E-state index contributed by atoms with van der Waals surface area (Å²) in [5, 5.41) is 8.75. The number of alkyl halides is 1. The summed E-state index contributed by atoms with van der Waals surface area (Å²) in [6, 6.07) is 26.3. The standard InChI is InChI=1S/C20H19N3.C5H11Cl.H2S/c1-23(2)18-14-12-16(13-15-18)19-10-6-7-11-20(19)22-21-17-8-4-3-5-9-17;1-2-3-4-5-6;/h3-15H,1-2H3;2-5H2,1H3;1H2. The van der Waals surface area contributed by atoms with Crippen LogP contribution >= 0.6 is 25.1 Å². The van der Waals surface area contributed by atoms with Crippen molar-refractivity contribution in [3.8, 4) is 11.1 Å². The third-order valence-electron chi connectivity index (χ3n) is 4.37. The van der Waals surface area contributed by atoms with Gasteiger partial charge < -0.3 is 4.90 Å². The van der Waals surface area contributed by atoms with E-state index in [2.05, 4.69) is 52.4 Å². The predicted molar refractivity (Wildman–Crippen MR) is 137 cm³/mol. The van der Waals surface area contributed by atoms with E-state index in [4.69, 9.17) is 11.6 Å². The molecule has 0 amide bonds. The number of rotatable bonds is 7. The number of hydrogen-bond donors (Lipinski definition) is 0. The molecule has 0 aromatic heterocycles. The first-order valence-electron chi connectivity index (χ1n) is 10.0. The summed E-state index contributed by atoms with van der Waals surface area (Å²) in [4.78, 5) is 2.09. The topological polar surface area (TPSA) is 28.0 Å². The van der Waals surface area contributed by atoms with Crippen LogP contribution in [0.2, 0.25) is 0 Å². The van der Waals surface area contributed by atoms with Crippen molar-refractivity contribution < 1.29 is 0 Å². The van der Waals surface area contributed by atoms with E-state index in [1.807, 2.05) is 62.6 Å². The SMILES string of the molecule is CCCCCCl.CN(C)c1ccc(-c2ccccc2N=Nc2ccccc2)cc1.S. The molecule has 0 radical (unpaired) electrons. The van der Waals surface area contributed by atoms with Gasteiger partial charge >= 0.3 is 0 Å². The minimum absolute atomic E-state index is 0. The summed E-state index contributed by atoms with van der Waals surface area (Å²) < 4.78 is 0. The maximum absolute atomic E-state index is 5.38. The number of unbranched alkanes of at least 4 members (excludes halogenated alkanes) is 2. The molecule has 5 heteroatoms. The first-order valence-corrected chi connectivity index (χ1v) is 10.6. The van der Waals surface area contributed by atoms with Gasteiger partial charge in [-0.2, -0.15) is 18.6 Å². The maximum atomic E-state index is 5.38. The Bertz CT molecular complexity index is 861. The molecule has 3 nitrogen and oxygen atoms in total. The highest BCUT2D eigenvalue weighted by molar-refractivity contribution is 7.59. The molecule has 0 aliphatic carbocycles. The average molecular weight is 442 g/mol. The van der Waals surface area contributed by atoms with Crippen molar-refractivity contribution in [3.05, 3.63) is 78.9 Å². The van der Waals surface area contributed by atoms with Crippen molar-refractivity contribution in [2.75, 3.05) is 24.9 Å². The van der Waals surface area contributed by atoms with Crippen molar-refractivity contribution in [3.63, 3.8) is 0 Å². The van der Waals surface area contributed by atoms with Crippen molar-refractivity contribution in [1.82, 2.24) is 0 Å². The normalized spacial score (nSPS) is 10.1. The van der Waals surface area contributed by atoms with Crippen LogP contribution < -0.4 is 4.90 Å². The lowest BCUT2D eigenvalue weighted by Crippen LogP contribution is -2.07. The molecule has 3 rings (SSSR count). The lowest BCUT2D eigenvalue weighted by molar-refractivity contribution is 0.776. The Kier molecular flexibility index (Phi) is 12.6. The van der Waals surface area contributed by atoms with Gasteiger partial charge in [0, 0.05) is 31.2 Å². The number of hydrogen-bond acceptors (Lipinski definition) is 3. The minimum Gasteiger partial charge on any atom is -0.378 e. The lowest BCUT2D eigenvalue weighted by atomic mass is 10.0. The van der Waals surface area contributed by atoms with E-state index in [0.29, 0.717) is 0 Å². The molecule has 0 bridgehead atoms. The second kappa shape index (κ2) is 14.6.